The van der Waals surface area contributed by atoms with Crippen LogP contribution in [0.2, 0.25) is 0 Å². The van der Waals surface area contributed by atoms with Gasteiger partial charge >= 0.3 is 11.9 Å². The van der Waals surface area contributed by atoms with Crippen LogP contribution in [0.5, 0.6) is 0 Å². The number of methoxy groups -OCH3 is 1. The Kier molecular flexibility index (Phi) is 7.49. The van der Waals surface area contributed by atoms with Crippen LogP contribution in [-0.4, -0.2) is 42.9 Å². The number of rotatable bonds is 7. The Hall–Kier alpha value is -2.54. The number of nitrogens with one attached hydrogen (secondary N) is 1. The van der Waals surface area contributed by atoms with E-state index in [9.17, 15) is 14.4 Å². The number of esters is 2. The second-order valence-corrected chi connectivity index (χ2v) is 10.3. The molecule has 1 N–H and O–H groups in total. The molecule has 1 heterocycles. The van der Waals surface area contributed by atoms with E-state index in [4.69, 9.17) is 9.47 Å². The predicted octanol–water partition coefficient (Wildman–Crippen LogP) is 4.37. The molecule has 1 aromatic carbocycles. The van der Waals surface area contributed by atoms with E-state index >= 15 is 0 Å². The Morgan fingerprint density at radius 2 is 1.84 bits per heavy atom. The third kappa shape index (κ3) is 5.09. The SMILES string of the molecule is CCSCCOC(=O)C1=C(C)NC2=C(C(=O)CC(C)(C)C2)[C@H]1c1ccc(C(=O)OC)cc1. The van der Waals surface area contributed by atoms with Crippen LogP contribution < -0.4 is 5.32 Å². The number of ketones is 1. The molecule has 6 nitrogen and oxygen atoms in total. The third-order valence-electron chi connectivity index (χ3n) is 5.79. The molecule has 32 heavy (non-hydrogen) atoms. The summed E-state index contributed by atoms with van der Waals surface area (Å²) < 4.78 is 10.4. The van der Waals surface area contributed by atoms with E-state index < -0.39 is 17.9 Å². The summed E-state index contributed by atoms with van der Waals surface area (Å²) in [7, 11) is 1.33. The Morgan fingerprint density at radius 3 is 2.47 bits per heavy atom. The van der Waals surface area contributed by atoms with E-state index in [0.717, 1.165) is 29.2 Å². The summed E-state index contributed by atoms with van der Waals surface area (Å²) in [5.41, 5.74) is 3.66. The minimum absolute atomic E-state index is 0.0325. The second-order valence-electron chi connectivity index (χ2n) is 8.88. The predicted molar refractivity (Wildman–Crippen MR) is 125 cm³/mol. The average Bonchev–Trinajstić information content (AvgIpc) is 2.74. The minimum atomic E-state index is -0.534. The summed E-state index contributed by atoms with van der Waals surface area (Å²) in [4.78, 5) is 38.3. The van der Waals surface area contributed by atoms with Crippen LogP contribution in [0.25, 0.3) is 0 Å². The maximum Gasteiger partial charge on any atom is 0.337 e. The Bertz CT molecular complexity index is 975. The van der Waals surface area contributed by atoms with Gasteiger partial charge in [0.15, 0.2) is 5.78 Å². The van der Waals surface area contributed by atoms with Crippen molar-refractivity contribution in [3.63, 3.8) is 0 Å². The maximum atomic E-state index is 13.3. The first-order chi connectivity index (χ1) is 15.2. The van der Waals surface area contributed by atoms with Crippen LogP contribution in [0.4, 0.5) is 0 Å². The van der Waals surface area contributed by atoms with Gasteiger partial charge in [-0.25, -0.2) is 9.59 Å². The molecule has 0 saturated carbocycles. The summed E-state index contributed by atoms with van der Waals surface area (Å²) >= 11 is 1.70. The molecule has 0 saturated heterocycles. The van der Waals surface area contributed by atoms with E-state index in [2.05, 4.69) is 26.1 Å². The fourth-order valence-electron chi connectivity index (χ4n) is 4.38. The molecule has 0 aromatic heterocycles. The molecule has 0 radical (unpaired) electrons. The summed E-state index contributed by atoms with van der Waals surface area (Å²) in [6.07, 6.45) is 1.14. The minimum Gasteiger partial charge on any atom is -0.465 e. The van der Waals surface area contributed by atoms with Crippen molar-refractivity contribution in [3.8, 4) is 0 Å². The van der Waals surface area contributed by atoms with Crippen molar-refractivity contribution in [3.05, 3.63) is 57.9 Å². The van der Waals surface area contributed by atoms with Gasteiger partial charge in [-0.05, 0) is 42.2 Å². The maximum absolute atomic E-state index is 13.3. The highest BCUT2D eigenvalue weighted by atomic mass is 32.2. The topological polar surface area (TPSA) is 81.7 Å². The van der Waals surface area contributed by atoms with Crippen molar-refractivity contribution in [1.82, 2.24) is 5.32 Å². The lowest BCUT2D eigenvalue weighted by Crippen LogP contribution is -2.38. The molecule has 1 aliphatic carbocycles. The highest BCUT2D eigenvalue weighted by molar-refractivity contribution is 7.99. The lowest BCUT2D eigenvalue weighted by molar-refractivity contribution is -0.138. The molecular weight excluding hydrogens is 426 g/mol. The Balaban J connectivity index is 2.03. The van der Waals surface area contributed by atoms with Gasteiger partial charge in [0.2, 0.25) is 0 Å². The quantitative estimate of drug-likeness (QED) is 0.481. The molecule has 0 bridgehead atoms. The number of ether oxygens (including phenoxy) is 2. The van der Waals surface area contributed by atoms with Gasteiger partial charge in [0.05, 0.1) is 18.2 Å². The van der Waals surface area contributed by atoms with Crippen LogP contribution >= 0.6 is 11.8 Å². The van der Waals surface area contributed by atoms with E-state index in [1.54, 1.807) is 36.0 Å². The zero-order valence-electron chi connectivity index (χ0n) is 19.4. The van der Waals surface area contributed by atoms with Crippen molar-refractivity contribution >= 4 is 29.5 Å². The lowest BCUT2D eigenvalue weighted by Gasteiger charge is -2.39. The number of dihydropyridines is 1. The third-order valence-corrected chi connectivity index (χ3v) is 6.65. The normalized spacial score (nSPS) is 19.9. The number of allylic oxidation sites excluding steroid dienone is 3. The van der Waals surface area contributed by atoms with Crippen LogP contribution in [-0.2, 0) is 19.1 Å². The van der Waals surface area contributed by atoms with Gasteiger partial charge in [-0.3, -0.25) is 4.79 Å². The van der Waals surface area contributed by atoms with E-state index in [0.29, 0.717) is 35.4 Å². The standard InChI is InChI=1S/C25H31NO5S/c1-6-32-12-11-31-24(29)20-15(2)26-18-13-25(3,4)14-19(27)22(18)21(20)16-7-9-17(10-8-16)23(28)30-5/h7-10,21,26H,6,11-14H2,1-5H3/t21-/m0/s1. The van der Waals surface area contributed by atoms with Crippen LogP contribution in [0.1, 0.15) is 62.4 Å². The first-order valence-electron chi connectivity index (χ1n) is 10.9. The fraction of sp³-hybridized carbons (Fsp3) is 0.480. The van der Waals surface area contributed by atoms with Gasteiger partial charge < -0.3 is 14.8 Å². The van der Waals surface area contributed by atoms with E-state index in [1.165, 1.54) is 7.11 Å². The molecule has 1 aliphatic heterocycles. The summed E-state index contributed by atoms with van der Waals surface area (Å²) in [5, 5.41) is 3.33. The molecule has 1 atom stereocenters. The molecule has 0 unspecified atom stereocenters. The molecule has 172 valence electrons. The zero-order valence-corrected chi connectivity index (χ0v) is 20.2. The molecule has 7 heteroatoms. The lowest BCUT2D eigenvalue weighted by atomic mass is 9.68. The summed E-state index contributed by atoms with van der Waals surface area (Å²) in [6, 6.07) is 6.90. The van der Waals surface area contributed by atoms with Crippen molar-refractivity contribution in [1.29, 1.82) is 0 Å². The molecule has 2 aliphatic rings. The molecule has 0 spiro atoms. The van der Waals surface area contributed by atoms with Gasteiger partial charge in [-0.15, -0.1) is 0 Å². The highest BCUT2D eigenvalue weighted by Gasteiger charge is 2.43. The number of hydrogen-bond acceptors (Lipinski definition) is 7. The van der Waals surface area contributed by atoms with Gasteiger partial charge in [0.1, 0.15) is 6.61 Å². The zero-order chi connectivity index (χ0) is 23.5. The van der Waals surface area contributed by atoms with Crippen molar-refractivity contribution in [2.75, 3.05) is 25.2 Å². The van der Waals surface area contributed by atoms with Gasteiger partial charge in [0.25, 0.3) is 0 Å². The first-order valence-corrected chi connectivity index (χ1v) is 12.0. The van der Waals surface area contributed by atoms with E-state index in [-0.39, 0.29) is 11.2 Å². The Morgan fingerprint density at radius 1 is 1.16 bits per heavy atom. The highest BCUT2D eigenvalue weighted by Crippen LogP contribution is 2.46. The molecular formula is C25H31NO5S. The van der Waals surface area contributed by atoms with Gasteiger partial charge in [-0.1, -0.05) is 32.9 Å². The summed E-state index contributed by atoms with van der Waals surface area (Å²) in [5.74, 6) is 0.325. The van der Waals surface area contributed by atoms with Crippen molar-refractivity contribution in [2.24, 2.45) is 5.41 Å². The average molecular weight is 458 g/mol. The van der Waals surface area contributed by atoms with Crippen LogP contribution in [0, 0.1) is 5.41 Å². The second kappa shape index (κ2) is 9.94. The molecule has 1 aromatic rings. The monoisotopic (exact) mass is 457 g/mol. The Labute approximate surface area is 193 Å². The fourth-order valence-corrected chi connectivity index (χ4v) is 4.87. The van der Waals surface area contributed by atoms with Gasteiger partial charge in [0, 0.05) is 35.1 Å². The number of carbonyl (C=O) groups excluding carboxylic acids is 3. The number of Topliss-reactive ketones (excluding diaryl/α,β-unsaturated/α-hetero) is 1. The largest absolute Gasteiger partial charge is 0.465 e. The molecule has 0 fully saturated rings. The van der Waals surface area contributed by atoms with Crippen LogP contribution in [0.15, 0.2) is 46.8 Å². The van der Waals surface area contributed by atoms with Gasteiger partial charge in [-0.2, -0.15) is 11.8 Å². The smallest absolute Gasteiger partial charge is 0.337 e. The first kappa shape index (κ1) is 24.1. The summed E-state index contributed by atoms with van der Waals surface area (Å²) in [6.45, 7) is 8.37. The molecule has 0 amide bonds. The van der Waals surface area contributed by atoms with Crippen molar-refractivity contribution in [2.45, 2.75) is 46.5 Å². The number of hydrogen-bond donors (Lipinski definition) is 1. The van der Waals surface area contributed by atoms with E-state index in [1.807, 2.05) is 6.92 Å². The van der Waals surface area contributed by atoms with Crippen LogP contribution in [0.3, 0.4) is 0 Å². The number of benzene rings is 1. The molecule has 3 rings (SSSR count). The van der Waals surface area contributed by atoms with Crippen molar-refractivity contribution < 1.29 is 23.9 Å². The number of thioether (sulfide) groups is 1. The number of carbonyl (C=O) groups is 3.